The Hall–Kier alpha value is -2.83. The normalized spacial score (nSPS) is 17.8. The summed E-state index contributed by atoms with van der Waals surface area (Å²) in [5.41, 5.74) is 0.341. The van der Waals surface area contributed by atoms with Gasteiger partial charge in [-0.3, -0.25) is 9.36 Å². The molecular weight excluding hydrogens is 369 g/mol. The average Bonchev–Trinajstić information content (AvgIpc) is 3.57. The standard InChI is InChI=1S/C22H24FN5O/c1-14-25-19-12-17(23)4-5-18(19)22(29)28(14)13-15-7-10-27(11-8-15)20-6-9-24-21(26-20)16-2-3-16/h4-6,9,12,15-16H,2-3,7-8,10-11,13H2,1H3. The fourth-order valence-electron chi connectivity index (χ4n) is 4.20. The molecule has 29 heavy (non-hydrogen) atoms. The lowest BCUT2D eigenvalue weighted by Gasteiger charge is -2.33. The van der Waals surface area contributed by atoms with Gasteiger partial charge in [-0.25, -0.2) is 19.3 Å². The highest BCUT2D eigenvalue weighted by Crippen LogP contribution is 2.38. The lowest BCUT2D eigenvalue weighted by Crippen LogP contribution is -2.37. The van der Waals surface area contributed by atoms with E-state index in [9.17, 15) is 9.18 Å². The van der Waals surface area contributed by atoms with Gasteiger partial charge in [-0.15, -0.1) is 0 Å². The molecular formula is C22H24FN5O. The molecule has 1 saturated heterocycles. The number of anilines is 1. The largest absolute Gasteiger partial charge is 0.356 e. The Morgan fingerprint density at radius 2 is 1.90 bits per heavy atom. The number of hydrogen-bond acceptors (Lipinski definition) is 5. The van der Waals surface area contributed by atoms with E-state index in [4.69, 9.17) is 4.98 Å². The quantitative estimate of drug-likeness (QED) is 0.680. The van der Waals surface area contributed by atoms with Crippen molar-refractivity contribution >= 4 is 16.7 Å². The molecule has 1 aliphatic carbocycles. The van der Waals surface area contributed by atoms with Crippen LogP contribution in [0.3, 0.4) is 0 Å². The summed E-state index contributed by atoms with van der Waals surface area (Å²) in [6, 6.07) is 6.17. The minimum Gasteiger partial charge on any atom is -0.356 e. The van der Waals surface area contributed by atoms with Crippen LogP contribution < -0.4 is 10.5 Å². The molecule has 0 atom stereocenters. The predicted octanol–water partition coefficient (Wildman–Crippen LogP) is 3.43. The summed E-state index contributed by atoms with van der Waals surface area (Å²) >= 11 is 0. The Morgan fingerprint density at radius 1 is 1.10 bits per heavy atom. The fraction of sp³-hybridized carbons (Fsp3) is 0.455. The Bertz CT molecular complexity index is 1120. The van der Waals surface area contributed by atoms with Crippen molar-refractivity contribution in [1.29, 1.82) is 0 Å². The van der Waals surface area contributed by atoms with Crippen molar-refractivity contribution in [2.45, 2.75) is 45.1 Å². The van der Waals surface area contributed by atoms with Gasteiger partial charge in [-0.1, -0.05) is 0 Å². The molecule has 0 bridgehead atoms. The van der Waals surface area contributed by atoms with Crippen molar-refractivity contribution in [2.75, 3.05) is 18.0 Å². The van der Waals surface area contributed by atoms with E-state index in [1.54, 1.807) is 4.57 Å². The second kappa shape index (κ2) is 7.21. The van der Waals surface area contributed by atoms with Gasteiger partial charge in [0.2, 0.25) is 0 Å². The van der Waals surface area contributed by atoms with Gasteiger partial charge in [-0.2, -0.15) is 0 Å². The first kappa shape index (κ1) is 18.2. The Morgan fingerprint density at radius 3 is 2.66 bits per heavy atom. The molecule has 3 heterocycles. The average molecular weight is 393 g/mol. The second-order valence-corrected chi connectivity index (χ2v) is 8.21. The van der Waals surface area contributed by atoms with Crippen LogP contribution in [-0.2, 0) is 6.54 Å². The van der Waals surface area contributed by atoms with E-state index < -0.39 is 0 Å². The van der Waals surface area contributed by atoms with E-state index in [2.05, 4.69) is 14.9 Å². The zero-order valence-electron chi connectivity index (χ0n) is 16.5. The van der Waals surface area contributed by atoms with Gasteiger partial charge < -0.3 is 4.90 Å². The van der Waals surface area contributed by atoms with Gasteiger partial charge in [0, 0.05) is 37.8 Å². The van der Waals surface area contributed by atoms with E-state index in [-0.39, 0.29) is 11.4 Å². The maximum atomic E-state index is 13.5. The SMILES string of the molecule is Cc1nc2cc(F)ccc2c(=O)n1CC1CCN(c2ccnc(C3CC3)n2)CC1. The molecule has 1 aromatic carbocycles. The summed E-state index contributed by atoms with van der Waals surface area (Å²) in [7, 11) is 0. The minimum absolute atomic E-state index is 0.0835. The van der Waals surface area contributed by atoms with Crippen molar-refractivity contribution in [2.24, 2.45) is 5.92 Å². The second-order valence-electron chi connectivity index (χ2n) is 8.21. The summed E-state index contributed by atoms with van der Waals surface area (Å²) in [6.07, 6.45) is 6.26. The Balaban J connectivity index is 1.30. The zero-order chi connectivity index (χ0) is 20.0. The maximum absolute atomic E-state index is 13.5. The van der Waals surface area contributed by atoms with Gasteiger partial charge in [0.25, 0.3) is 5.56 Å². The zero-order valence-corrected chi connectivity index (χ0v) is 16.5. The number of nitrogens with zero attached hydrogens (tertiary/aromatic N) is 5. The first-order valence-electron chi connectivity index (χ1n) is 10.3. The summed E-state index contributed by atoms with van der Waals surface area (Å²) in [5.74, 6) is 3.22. The number of benzene rings is 1. The Kier molecular flexibility index (Phi) is 4.53. The van der Waals surface area contributed by atoms with Crippen LogP contribution >= 0.6 is 0 Å². The number of fused-ring (bicyclic) bond motifs is 1. The molecule has 1 aliphatic heterocycles. The molecule has 150 valence electrons. The molecule has 2 fully saturated rings. The summed E-state index contributed by atoms with van der Waals surface area (Å²) in [4.78, 5) is 28.8. The van der Waals surface area contributed by atoms with Crippen molar-refractivity contribution in [3.63, 3.8) is 0 Å². The minimum atomic E-state index is -0.372. The highest BCUT2D eigenvalue weighted by molar-refractivity contribution is 5.77. The number of hydrogen-bond donors (Lipinski definition) is 0. The van der Waals surface area contributed by atoms with Crippen LogP contribution in [0.15, 0.2) is 35.3 Å². The lowest BCUT2D eigenvalue weighted by molar-refractivity contribution is 0.347. The van der Waals surface area contributed by atoms with Crippen LogP contribution in [0.2, 0.25) is 0 Å². The van der Waals surface area contributed by atoms with Gasteiger partial charge in [-0.05, 0) is 56.7 Å². The van der Waals surface area contributed by atoms with Crippen LogP contribution in [0.5, 0.6) is 0 Å². The molecule has 0 amide bonds. The highest BCUT2D eigenvalue weighted by atomic mass is 19.1. The first-order chi connectivity index (χ1) is 14.1. The topological polar surface area (TPSA) is 63.9 Å². The molecule has 1 saturated carbocycles. The predicted molar refractivity (Wildman–Crippen MR) is 110 cm³/mol. The third-order valence-corrected chi connectivity index (χ3v) is 6.09. The van der Waals surface area contributed by atoms with Crippen LogP contribution in [0, 0.1) is 18.7 Å². The number of rotatable bonds is 4. The number of piperidine rings is 1. The van der Waals surface area contributed by atoms with Crippen LogP contribution in [-0.4, -0.2) is 32.6 Å². The molecule has 3 aromatic rings. The van der Waals surface area contributed by atoms with Crippen LogP contribution in [0.25, 0.3) is 10.9 Å². The van der Waals surface area contributed by atoms with E-state index in [1.807, 2.05) is 19.2 Å². The molecule has 7 heteroatoms. The van der Waals surface area contributed by atoms with E-state index in [1.165, 1.54) is 31.0 Å². The summed E-state index contributed by atoms with van der Waals surface area (Å²) in [6.45, 7) is 4.31. The molecule has 0 radical (unpaired) electrons. The number of aryl methyl sites for hydroxylation is 1. The van der Waals surface area contributed by atoms with Crippen LogP contribution in [0.4, 0.5) is 10.2 Å². The van der Waals surface area contributed by atoms with Crippen LogP contribution in [0.1, 0.15) is 43.3 Å². The molecule has 0 spiro atoms. The van der Waals surface area contributed by atoms with E-state index >= 15 is 0 Å². The third-order valence-electron chi connectivity index (χ3n) is 6.09. The number of halogens is 1. The number of aromatic nitrogens is 4. The molecule has 2 aliphatic rings. The monoisotopic (exact) mass is 393 g/mol. The van der Waals surface area contributed by atoms with Gasteiger partial charge in [0.15, 0.2) is 0 Å². The summed E-state index contributed by atoms with van der Waals surface area (Å²) < 4.78 is 15.2. The molecule has 0 N–H and O–H groups in total. The first-order valence-corrected chi connectivity index (χ1v) is 10.3. The molecule has 0 unspecified atom stereocenters. The van der Waals surface area contributed by atoms with Crippen molar-refractivity contribution in [3.8, 4) is 0 Å². The van der Waals surface area contributed by atoms with Gasteiger partial charge >= 0.3 is 0 Å². The highest BCUT2D eigenvalue weighted by Gasteiger charge is 2.28. The lowest BCUT2D eigenvalue weighted by atomic mass is 9.96. The molecule has 5 rings (SSSR count). The smallest absolute Gasteiger partial charge is 0.261 e. The van der Waals surface area contributed by atoms with Crippen molar-refractivity contribution in [1.82, 2.24) is 19.5 Å². The summed E-state index contributed by atoms with van der Waals surface area (Å²) in [5, 5.41) is 0.475. The van der Waals surface area contributed by atoms with Gasteiger partial charge in [0.05, 0.1) is 10.9 Å². The van der Waals surface area contributed by atoms with Crippen molar-refractivity contribution < 1.29 is 4.39 Å². The van der Waals surface area contributed by atoms with Gasteiger partial charge in [0.1, 0.15) is 23.3 Å². The maximum Gasteiger partial charge on any atom is 0.261 e. The Labute approximate surface area is 168 Å². The molecule has 2 aromatic heterocycles. The van der Waals surface area contributed by atoms with E-state index in [0.717, 1.165) is 37.6 Å². The fourth-order valence-corrected chi connectivity index (χ4v) is 4.20. The van der Waals surface area contributed by atoms with E-state index in [0.29, 0.717) is 35.1 Å². The van der Waals surface area contributed by atoms with Crippen molar-refractivity contribution in [3.05, 3.63) is 58.3 Å². The third kappa shape index (κ3) is 3.61. The molecule has 6 nitrogen and oxygen atoms in total.